The number of allylic oxidation sites excluding steroid dienone is 1. The van der Waals surface area contributed by atoms with Gasteiger partial charge in [0.1, 0.15) is 11.4 Å². The van der Waals surface area contributed by atoms with Crippen molar-refractivity contribution in [2.24, 2.45) is 0 Å². The van der Waals surface area contributed by atoms with Crippen LogP contribution in [0.1, 0.15) is 68.2 Å². The molecule has 2 N–H and O–H groups in total. The van der Waals surface area contributed by atoms with Gasteiger partial charge in [-0.05, 0) is 69.4 Å². The van der Waals surface area contributed by atoms with Crippen molar-refractivity contribution >= 4 is 28.9 Å². The van der Waals surface area contributed by atoms with Gasteiger partial charge in [-0.15, -0.1) is 0 Å². The van der Waals surface area contributed by atoms with Gasteiger partial charge in [-0.2, -0.15) is 4.98 Å². The normalized spacial score (nSPS) is 22.6. The molecular weight excluding hydrogens is 499 g/mol. The standard InChI is InChI=1S/C30H33FN4O4/c1-16-11-23-26(25(31)24(16)22-13-20(36)12-17-7-5-6-8-21(17)22)32-28(37)33-27(23)34-14-18-9-10-19(15-34)35(18)29(38)39-30(2,3)4/h5-8,11-12,18-19,22,36H,9-10,13-15H2,1-4H3,(H,32,33,37). The number of aliphatic hydroxyl groups excluding tert-OH is 1. The molecular formula is C30H33FN4O4. The highest BCUT2D eigenvalue weighted by Crippen LogP contribution is 2.42. The number of aliphatic hydroxyl groups is 1. The highest BCUT2D eigenvalue weighted by Gasteiger charge is 2.45. The van der Waals surface area contributed by atoms with E-state index in [-0.39, 0.29) is 41.8 Å². The molecule has 2 aromatic carbocycles. The molecule has 0 radical (unpaired) electrons. The zero-order chi connectivity index (χ0) is 27.6. The molecule has 2 fully saturated rings. The summed E-state index contributed by atoms with van der Waals surface area (Å²) in [6.07, 6.45) is 3.33. The second-order valence-electron chi connectivity index (χ2n) is 11.9. The average Bonchev–Trinajstić information content (AvgIpc) is 3.13. The van der Waals surface area contributed by atoms with E-state index in [0.717, 1.165) is 29.5 Å². The molecule has 1 aromatic heterocycles. The predicted molar refractivity (Wildman–Crippen MR) is 148 cm³/mol. The van der Waals surface area contributed by atoms with Gasteiger partial charge < -0.3 is 19.7 Å². The number of halogens is 1. The van der Waals surface area contributed by atoms with Gasteiger partial charge in [0.15, 0.2) is 5.82 Å². The van der Waals surface area contributed by atoms with Crippen molar-refractivity contribution in [3.63, 3.8) is 0 Å². The van der Waals surface area contributed by atoms with Gasteiger partial charge in [0, 0.05) is 36.4 Å². The number of nitrogens with one attached hydrogen (secondary N) is 1. The van der Waals surface area contributed by atoms with Crippen LogP contribution in [0, 0.1) is 12.7 Å². The van der Waals surface area contributed by atoms with E-state index in [1.165, 1.54) is 0 Å². The number of ether oxygens (including phenoxy) is 1. The van der Waals surface area contributed by atoms with Crippen LogP contribution >= 0.6 is 0 Å². The molecule has 2 saturated heterocycles. The number of fused-ring (bicyclic) bond motifs is 4. The summed E-state index contributed by atoms with van der Waals surface area (Å²) in [6.45, 7) is 8.38. The summed E-state index contributed by atoms with van der Waals surface area (Å²) >= 11 is 0. The molecule has 3 unspecified atom stereocenters. The minimum Gasteiger partial charge on any atom is -0.512 e. The van der Waals surface area contributed by atoms with Crippen molar-refractivity contribution in [1.82, 2.24) is 14.9 Å². The van der Waals surface area contributed by atoms with Gasteiger partial charge in [0.2, 0.25) is 0 Å². The Morgan fingerprint density at radius 1 is 1.18 bits per heavy atom. The fraction of sp³-hybridized carbons (Fsp3) is 0.433. The lowest BCUT2D eigenvalue weighted by Crippen LogP contribution is -2.57. The van der Waals surface area contributed by atoms with Gasteiger partial charge in [-0.25, -0.2) is 14.0 Å². The maximum Gasteiger partial charge on any atom is 0.410 e. The first-order chi connectivity index (χ1) is 18.5. The molecule has 9 heteroatoms. The summed E-state index contributed by atoms with van der Waals surface area (Å²) in [6, 6.07) is 9.38. The highest BCUT2D eigenvalue weighted by molar-refractivity contribution is 5.91. The number of nitrogens with zero attached hydrogens (tertiary/aromatic N) is 3. The first-order valence-corrected chi connectivity index (χ1v) is 13.5. The summed E-state index contributed by atoms with van der Waals surface area (Å²) in [5.74, 6) is -0.269. The number of benzene rings is 2. The Bertz CT molecular complexity index is 1560. The number of hydrogen-bond donors (Lipinski definition) is 2. The molecule has 39 heavy (non-hydrogen) atoms. The van der Waals surface area contributed by atoms with Crippen LogP contribution < -0.4 is 10.6 Å². The van der Waals surface area contributed by atoms with Crippen LogP contribution in [0.5, 0.6) is 0 Å². The lowest BCUT2D eigenvalue weighted by Gasteiger charge is -2.42. The SMILES string of the molecule is Cc1cc2c(N3CC4CCC(C3)N4C(=O)OC(C)(C)C)nc(=O)[nH]c2c(F)c1C1CC(O)=Cc2ccccc21. The molecule has 8 nitrogen and oxygen atoms in total. The summed E-state index contributed by atoms with van der Waals surface area (Å²) in [5, 5.41) is 11.0. The van der Waals surface area contributed by atoms with Crippen molar-refractivity contribution in [3.8, 4) is 0 Å². The van der Waals surface area contributed by atoms with E-state index in [2.05, 4.69) is 9.97 Å². The van der Waals surface area contributed by atoms with Crippen LogP contribution in [-0.4, -0.2) is 56.8 Å². The maximum absolute atomic E-state index is 16.4. The molecule has 1 aliphatic carbocycles. The Hall–Kier alpha value is -3.88. The van der Waals surface area contributed by atoms with Crippen LogP contribution in [0.15, 0.2) is 40.9 Å². The number of rotatable bonds is 2. The zero-order valence-corrected chi connectivity index (χ0v) is 22.6. The number of carbonyl (C=O) groups excluding carboxylic acids is 1. The topological polar surface area (TPSA) is 98.8 Å². The molecule has 6 rings (SSSR count). The van der Waals surface area contributed by atoms with E-state index in [9.17, 15) is 14.7 Å². The Balaban J connectivity index is 1.39. The monoisotopic (exact) mass is 532 g/mol. The second-order valence-corrected chi connectivity index (χ2v) is 11.9. The third kappa shape index (κ3) is 4.43. The number of amides is 1. The van der Waals surface area contributed by atoms with E-state index in [1.807, 2.05) is 67.8 Å². The van der Waals surface area contributed by atoms with Crippen molar-refractivity contribution < 1.29 is 19.0 Å². The Labute approximate surface area is 226 Å². The first-order valence-electron chi connectivity index (χ1n) is 13.5. The smallest absolute Gasteiger partial charge is 0.410 e. The number of anilines is 1. The van der Waals surface area contributed by atoms with E-state index < -0.39 is 17.1 Å². The number of piperazine rings is 1. The summed E-state index contributed by atoms with van der Waals surface area (Å²) in [4.78, 5) is 36.4. The Morgan fingerprint density at radius 3 is 2.56 bits per heavy atom. The maximum atomic E-state index is 16.4. The van der Waals surface area contributed by atoms with Crippen LogP contribution in [0.2, 0.25) is 0 Å². The van der Waals surface area contributed by atoms with Crippen molar-refractivity contribution in [2.75, 3.05) is 18.0 Å². The number of hydrogen-bond acceptors (Lipinski definition) is 6. The van der Waals surface area contributed by atoms with E-state index in [1.54, 1.807) is 6.08 Å². The first kappa shape index (κ1) is 25.4. The number of carbonyl (C=O) groups is 1. The molecule has 2 aliphatic heterocycles. The second kappa shape index (κ2) is 9.10. The number of aryl methyl sites for hydroxylation is 1. The number of aromatic nitrogens is 2. The predicted octanol–water partition coefficient (Wildman–Crippen LogP) is 5.39. The third-order valence-corrected chi connectivity index (χ3v) is 8.03. The van der Waals surface area contributed by atoms with Crippen LogP contribution in [-0.2, 0) is 4.74 Å². The van der Waals surface area contributed by atoms with Gasteiger partial charge in [-0.3, -0.25) is 4.90 Å². The minimum atomic E-state index is -0.625. The number of aromatic amines is 1. The Kier molecular flexibility index (Phi) is 5.93. The van der Waals surface area contributed by atoms with Gasteiger partial charge in [-0.1, -0.05) is 24.3 Å². The summed E-state index contributed by atoms with van der Waals surface area (Å²) in [7, 11) is 0. The van der Waals surface area contributed by atoms with Crippen LogP contribution in [0.3, 0.4) is 0 Å². The molecule has 3 aromatic rings. The molecule has 204 valence electrons. The van der Waals surface area contributed by atoms with Crippen molar-refractivity contribution in [2.45, 2.75) is 70.6 Å². The lowest BCUT2D eigenvalue weighted by molar-refractivity contribution is 0.0123. The van der Waals surface area contributed by atoms with Crippen molar-refractivity contribution in [1.29, 1.82) is 0 Å². The van der Waals surface area contributed by atoms with Crippen molar-refractivity contribution in [3.05, 3.63) is 74.6 Å². The summed E-state index contributed by atoms with van der Waals surface area (Å²) < 4.78 is 22.0. The fourth-order valence-electron chi connectivity index (χ4n) is 6.51. The van der Waals surface area contributed by atoms with Gasteiger partial charge in [0.05, 0.1) is 23.4 Å². The van der Waals surface area contributed by atoms with Gasteiger partial charge in [0.25, 0.3) is 0 Å². The molecule has 3 heterocycles. The van der Waals surface area contributed by atoms with Gasteiger partial charge >= 0.3 is 11.8 Å². The molecule has 3 aliphatic rings. The molecule has 2 bridgehead atoms. The zero-order valence-electron chi connectivity index (χ0n) is 22.6. The largest absolute Gasteiger partial charge is 0.512 e. The van der Waals surface area contributed by atoms with E-state index >= 15 is 4.39 Å². The third-order valence-electron chi connectivity index (χ3n) is 8.03. The lowest BCUT2D eigenvalue weighted by atomic mass is 9.79. The summed E-state index contributed by atoms with van der Waals surface area (Å²) in [5.41, 5.74) is 1.86. The molecule has 1 amide bonds. The quantitative estimate of drug-likeness (QED) is 0.459. The minimum absolute atomic E-state index is 0.0755. The average molecular weight is 533 g/mol. The van der Waals surface area contributed by atoms with E-state index in [0.29, 0.717) is 29.9 Å². The molecule has 0 spiro atoms. The highest BCUT2D eigenvalue weighted by atomic mass is 19.1. The van der Waals surface area contributed by atoms with E-state index in [4.69, 9.17) is 4.74 Å². The van der Waals surface area contributed by atoms with Crippen LogP contribution in [0.25, 0.3) is 17.0 Å². The molecule has 3 atom stereocenters. The Morgan fingerprint density at radius 2 is 1.87 bits per heavy atom. The van der Waals surface area contributed by atoms with Crippen LogP contribution in [0.4, 0.5) is 15.0 Å². The fourth-order valence-corrected chi connectivity index (χ4v) is 6.51. The number of H-pyrrole nitrogens is 1. The molecule has 0 saturated carbocycles.